The van der Waals surface area contributed by atoms with Crippen LogP contribution < -0.4 is 5.32 Å². The Kier molecular flexibility index (Phi) is 5.59. The van der Waals surface area contributed by atoms with Gasteiger partial charge in [-0.1, -0.05) is 30.3 Å². The Labute approximate surface area is 153 Å². The van der Waals surface area contributed by atoms with Gasteiger partial charge < -0.3 is 5.32 Å². The number of carbonyl (C=O) groups excluding carboxylic acids is 1. The van der Waals surface area contributed by atoms with E-state index in [2.05, 4.69) is 22.4 Å². The second-order valence-electron chi connectivity index (χ2n) is 6.35. The topological polar surface area (TPSA) is 59.8 Å². The van der Waals surface area contributed by atoms with Gasteiger partial charge in [-0.2, -0.15) is 5.10 Å². The first-order chi connectivity index (χ1) is 12.6. The van der Waals surface area contributed by atoms with E-state index in [1.54, 1.807) is 24.5 Å². The molecule has 0 saturated heterocycles. The van der Waals surface area contributed by atoms with Crippen molar-refractivity contribution in [1.29, 1.82) is 0 Å². The first kappa shape index (κ1) is 17.6. The van der Waals surface area contributed by atoms with Crippen LogP contribution in [-0.2, 0) is 11.3 Å². The maximum absolute atomic E-state index is 11.9. The van der Waals surface area contributed by atoms with Gasteiger partial charge in [-0.25, -0.2) is 0 Å². The number of carbonyl (C=O) groups is 1. The molecule has 0 radical (unpaired) electrons. The Hall–Kier alpha value is -3.21. The third kappa shape index (κ3) is 4.66. The number of hydrogen-bond acceptors (Lipinski definition) is 3. The normalized spacial score (nSPS) is 11.2. The number of rotatable bonds is 6. The highest BCUT2D eigenvalue weighted by molar-refractivity contribution is 5.92. The molecule has 5 nitrogen and oxygen atoms in total. The van der Waals surface area contributed by atoms with E-state index < -0.39 is 0 Å². The zero-order chi connectivity index (χ0) is 18.4. The Morgan fingerprint density at radius 1 is 1.19 bits per heavy atom. The number of benzene rings is 1. The lowest BCUT2D eigenvalue weighted by Gasteiger charge is -2.04. The number of nitrogens with zero attached hydrogens (tertiary/aromatic N) is 3. The number of pyridine rings is 1. The Balaban J connectivity index is 1.90. The first-order valence-electron chi connectivity index (χ1n) is 8.62. The molecule has 1 N–H and O–H groups in total. The second-order valence-corrected chi connectivity index (χ2v) is 6.35. The quantitative estimate of drug-likeness (QED) is 0.695. The van der Waals surface area contributed by atoms with Crippen molar-refractivity contribution < 1.29 is 4.79 Å². The van der Waals surface area contributed by atoms with Crippen LogP contribution in [0, 0.1) is 0 Å². The van der Waals surface area contributed by atoms with Crippen LogP contribution in [0.15, 0.2) is 67.1 Å². The summed E-state index contributed by atoms with van der Waals surface area (Å²) < 4.78 is 1.89. The van der Waals surface area contributed by atoms with E-state index in [0.29, 0.717) is 6.54 Å². The third-order valence-corrected chi connectivity index (χ3v) is 3.76. The van der Waals surface area contributed by atoms with E-state index in [9.17, 15) is 4.79 Å². The molecule has 0 aliphatic rings. The van der Waals surface area contributed by atoms with E-state index in [1.807, 2.05) is 55.1 Å². The van der Waals surface area contributed by atoms with E-state index in [1.165, 1.54) is 5.56 Å². The average Bonchev–Trinajstić information content (AvgIpc) is 3.04. The molecule has 1 aromatic carbocycles. The smallest absolute Gasteiger partial charge is 0.244 e. The standard InChI is InChI=1S/C21H22N4O/c1-16(2)23-20(26)11-10-19-15-25(14-17-7-4-3-5-8-17)24-21(19)18-9-6-12-22-13-18/h3-13,15-16H,14H2,1-2H3,(H,23,26). The number of amides is 1. The molecule has 0 saturated carbocycles. The van der Waals surface area contributed by atoms with Gasteiger partial charge in [0.25, 0.3) is 0 Å². The molecule has 1 amide bonds. The largest absolute Gasteiger partial charge is 0.350 e. The first-order valence-corrected chi connectivity index (χ1v) is 8.62. The van der Waals surface area contributed by atoms with E-state index in [4.69, 9.17) is 5.10 Å². The Bertz CT molecular complexity index is 883. The third-order valence-electron chi connectivity index (χ3n) is 3.76. The fourth-order valence-corrected chi connectivity index (χ4v) is 2.64. The molecule has 0 fully saturated rings. The molecule has 26 heavy (non-hydrogen) atoms. The minimum atomic E-state index is -0.118. The maximum atomic E-state index is 11.9. The van der Waals surface area contributed by atoms with Crippen LogP contribution in [0.4, 0.5) is 0 Å². The van der Waals surface area contributed by atoms with Gasteiger partial charge in [0.05, 0.1) is 6.54 Å². The summed E-state index contributed by atoms with van der Waals surface area (Å²) in [5, 5.41) is 7.56. The molecule has 0 bridgehead atoms. The van der Waals surface area contributed by atoms with Crippen molar-refractivity contribution in [3.8, 4) is 11.3 Å². The van der Waals surface area contributed by atoms with E-state index in [-0.39, 0.29) is 11.9 Å². The summed E-state index contributed by atoms with van der Waals surface area (Å²) in [6.07, 6.45) is 8.81. The molecule has 3 aromatic rings. The molecule has 0 unspecified atom stereocenters. The fourth-order valence-electron chi connectivity index (χ4n) is 2.64. The predicted octanol–water partition coefficient (Wildman–Crippen LogP) is 3.53. The van der Waals surface area contributed by atoms with E-state index >= 15 is 0 Å². The lowest BCUT2D eigenvalue weighted by molar-refractivity contribution is -0.116. The van der Waals surface area contributed by atoms with Gasteiger partial charge >= 0.3 is 0 Å². The molecule has 0 atom stereocenters. The van der Waals surface area contributed by atoms with Crippen molar-refractivity contribution in [1.82, 2.24) is 20.1 Å². The van der Waals surface area contributed by atoms with Gasteiger partial charge in [-0.05, 0) is 37.6 Å². The van der Waals surface area contributed by atoms with Crippen LogP contribution in [0.25, 0.3) is 17.3 Å². The lowest BCUT2D eigenvalue weighted by Crippen LogP contribution is -2.28. The van der Waals surface area contributed by atoms with Crippen LogP contribution >= 0.6 is 0 Å². The number of nitrogens with one attached hydrogen (secondary N) is 1. The highest BCUT2D eigenvalue weighted by Crippen LogP contribution is 2.22. The highest BCUT2D eigenvalue weighted by atomic mass is 16.1. The fraction of sp³-hybridized carbons (Fsp3) is 0.190. The van der Waals surface area contributed by atoms with Gasteiger partial charge in [0.2, 0.25) is 5.91 Å². The van der Waals surface area contributed by atoms with Crippen molar-refractivity contribution in [2.75, 3.05) is 0 Å². The molecule has 2 aromatic heterocycles. The molecule has 5 heteroatoms. The molecule has 0 aliphatic carbocycles. The molecule has 2 heterocycles. The van der Waals surface area contributed by atoms with Gasteiger partial charge in [0.1, 0.15) is 5.69 Å². The van der Waals surface area contributed by atoms with Crippen LogP contribution in [0.3, 0.4) is 0 Å². The molecular formula is C21H22N4O. The Morgan fingerprint density at radius 2 is 2.00 bits per heavy atom. The monoisotopic (exact) mass is 346 g/mol. The summed E-state index contributed by atoms with van der Waals surface area (Å²) in [5.74, 6) is -0.118. The van der Waals surface area contributed by atoms with Crippen molar-refractivity contribution in [3.63, 3.8) is 0 Å². The molecule has 132 valence electrons. The van der Waals surface area contributed by atoms with E-state index in [0.717, 1.165) is 16.8 Å². The number of hydrogen-bond donors (Lipinski definition) is 1. The molecule has 0 spiro atoms. The zero-order valence-corrected chi connectivity index (χ0v) is 15.0. The summed E-state index contributed by atoms with van der Waals surface area (Å²) in [7, 11) is 0. The summed E-state index contributed by atoms with van der Waals surface area (Å²) in [4.78, 5) is 16.1. The van der Waals surface area contributed by atoms with Crippen LogP contribution in [0.1, 0.15) is 25.0 Å². The number of aromatic nitrogens is 3. The summed E-state index contributed by atoms with van der Waals surface area (Å²) in [6, 6.07) is 14.1. The summed E-state index contributed by atoms with van der Waals surface area (Å²) >= 11 is 0. The van der Waals surface area contributed by atoms with Crippen LogP contribution in [-0.4, -0.2) is 26.7 Å². The zero-order valence-electron chi connectivity index (χ0n) is 15.0. The van der Waals surface area contributed by atoms with Gasteiger partial charge in [-0.3, -0.25) is 14.5 Å². The maximum Gasteiger partial charge on any atom is 0.244 e. The average molecular weight is 346 g/mol. The predicted molar refractivity (Wildman–Crippen MR) is 103 cm³/mol. The van der Waals surface area contributed by atoms with Crippen molar-refractivity contribution >= 4 is 12.0 Å². The highest BCUT2D eigenvalue weighted by Gasteiger charge is 2.10. The second kappa shape index (κ2) is 8.25. The van der Waals surface area contributed by atoms with Gasteiger partial charge in [-0.15, -0.1) is 0 Å². The molecule has 0 aliphatic heterocycles. The summed E-state index contributed by atoms with van der Waals surface area (Å²) in [5.41, 5.74) is 3.78. The SMILES string of the molecule is CC(C)NC(=O)C=Cc1cn(Cc2ccccc2)nc1-c1cccnc1. The molecular weight excluding hydrogens is 324 g/mol. The van der Waals surface area contributed by atoms with Crippen LogP contribution in [0.5, 0.6) is 0 Å². The molecule has 3 rings (SSSR count). The summed E-state index contributed by atoms with van der Waals surface area (Å²) in [6.45, 7) is 4.54. The minimum absolute atomic E-state index is 0.103. The Morgan fingerprint density at radius 3 is 2.69 bits per heavy atom. The van der Waals surface area contributed by atoms with Gasteiger partial charge in [0, 0.05) is 41.8 Å². The van der Waals surface area contributed by atoms with Gasteiger partial charge in [0.15, 0.2) is 0 Å². The van der Waals surface area contributed by atoms with Crippen molar-refractivity contribution in [3.05, 3.63) is 78.3 Å². The lowest BCUT2D eigenvalue weighted by atomic mass is 10.1. The van der Waals surface area contributed by atoms with Crippen molar-refractivity contribution in [2.45, 2.75) is 26.4 Å². The van der Waals surface area contributed by atoms with Crippen molar-refractivity contribution in [2.24, 2.45) is 0 Å². The van der Waals surface area contributed by atoms with Crippen LogP contribution in [0.2, 0.25) is 0 Å². The minimum Gasteiger partial charge on any atom is -0.350 e.